The third-order valence-corrected chi connectivity index (χ3v) is 3.66. The molecule has 0 unspecified atom stereocenters. The number of hydrogen-bond acceptors (Lipinski definition) is 3. The molecule has 110 valence electrons. The van der Waals surface area contributed by atoms with Crippen LogP contribution in [-0.4, -0.2) is 21.4 Å². The summed E-state index contributed by atoms with van der Waals surface area (Å²) < 4.78 is 26.2. The van der Waals surface area contributed by atoms with Gasteiger partial charge in [0.2, 0.25) is 0 Å². The first kappa shape index (κ1) is 13.9. The molecule has 2 aromatic rings. The first-order chi connectivity index (χ1) is 10.0. The van der Waals surface area contributed by atoms with E-state index in [9.17, 15) is 13.6 Å². The summed E-state index contributed by atoms with van der Waals surface area (Å²) in [7, 11) is 0. The zero-order valence-electron chi connectivity index (χ0n) is 11.6. The molecule has 6 heteroatoms. The van der Waals surface area contributed by atoms with E-state index in [0.29, 0.717) is 37.4 Å². The van der Waals surface area contributed by atoms with Gasteiger partial charge in [-0.2, -0.15) is 0 Å². The Balaban J connectivity index is 1.80. The van der Waals surface area contributed by atoms with Crippen LogP contribution in [-0.2, 0) is 19.5 Å². The molecule has 3 rings (SSSR count). The highest BCUT2D eigenvalue weighted by Gasteiger charge is 2.20. The van der Waals surface area contributed by atoms with Gasteiger partial charge in [0.1, 0.15) is 5.82 Å². The van der Waals surface area contributed by atoms with Crippen LogP contribution < -0.4 is 5.56 Å². The zero-order valence-corrected chi connectivity index (χ0v) is 11.6. The Morgan fingerprint density at radius 1 is 1.33 bits per heavy atom. The zero-order chi connectivity index (χ0) is 15.0. The molecular formula is C15H15F2N3O. The van der Waals surface area contributed by atoms with Crippen molar-refractivity contribution in [2.75, 3.05) is 6.54 Å². The number of rotatable bonds is 2. The van der Waals surface area contributed by atoms with Crippen LogP contribution in [0.25, 0.3) is 0 Å². The van der Waals surface area contributed by atoms with E-state index in [1.54, 1.807) is 13.0 Å². The van der Waals surface area contributed by atoms with E-state index in [2.05, 4.69) is 14.9 Å². The molecule has 0 amide bonds. The summed E-state index contributed by atoms with van der Waals surface area (Å²) in [6, 6.07) is 3.92. The molecule has 2 heterocycles. The van der Waals surface area contributed by atoms with Crippen LogP contribution in [0.4, 0.5) is 8.78 Å². The van der Waals surface area contributed by atoms with Gasteiger partial charge in [-0.05, 0) is 31.0 Å². The van der Waals surface area contributed by atoms with Gasteiger partial charge in [-0.1, -0.05) is 6.07 Å². The van der Waals surface area contributed by atoms with E-state index in [1.807, 2.05) is 0 Å². The average Bonchev–Trinajstić information content (AvgIpc) is 2.42. The number of aromatic nitrogens is 2. The molecule has 0 spiro atoms. The Bertz CT molecular complexity index is 742. The fourth-order valence-electron chi connectivity index (χ4n) is 2.65. The number of aromatic amines is 1. The lowest BCUT2D eigenvalue weighted by molar-refractivity contribution is 0.239. The number of nitrogens with one attached hydrogen (secondary N) is 1. The molecule has 0 fully saturated rings. The molecule has 1 aliphatic heterocycles. The third-order valence-electron chi connectivity index (χ3n) is 3.66. The fourth-order valence-corrected chi connectivity index (χ4v) is 2.65. The van der Waals surface area contributed by atoms with Gasteiger partial charge in [0.05, 0.1) is 5.69 Å². The summed E-state index contributed by atoms with van der Waals surface area (Å²) in [5.41, 5.74) is 2.12. The molecule has 1 aliphatic rings. The Morgan fingerprint density at radius 3 is 2.90 bits per heavy atom. The van der Waals surface area contributed by atoms with Gasteiger partial charge in [0.15, 0.2) is 11.6 Å². The van der Waals surface area contributed by atoms with Crippen molar-refractivity contribution in [1.29, 1.82) is 0 Å². The second-order valence-corrected chi connectivity index (χ2v) is 5.29. The van der Waals surface area contributed by atoms with E-state index in [-0.39, 0.29) is 5.56 Å². The van der Waals surface area contributed by atoms with E-state index in [1.165, 1.54) is 6.07 Å². The first-order valence-electron chi connectivity index (χ1n) is 6.78. The van der Waals surface area contributed by atoms with Gasteiger partial charge in [0.25, 0.3) is 5.56 Å². The van der Waals surface area contributed by atoms with Crippen LogP contribution in [0.2, 0.25) is 0 Å². The Hall–Kier alpha value is -2.08. The Morgan fingerprint density at radius 2 is 2.14 bits per heavy atom. The Kier molecular flexibility index (Phi) is 3.55. The number of fused-ring (bicyclic) bond motifs is 1. The monoisotopic (exact) mass is 291 g/mol. The van der Waals surface area contributed by atoms with Crippen LogP contribution in [0.5, 0.6) is 0 Å². The SMILES string of the molecule is Cc1nc2c(c(=O)[nH]1)CCN(Cc1ccc(F)c(F)c1)C2. The smallest absolute Gasteiger partial charge is 0.254 e. The van der Waals surface area contributed by atoms with E-state index in [4.69, 9.17) is 0 Å². The van der Waals surface area contributed by atoms with Gasteiger partial charge in [-0.25, -0.2) is 13.8 Å². The maximum atomic E-state index is 13.2. The molecule has 0 atom stereocenters. The second kappa shape index (κ2) is 5.37. The topological polar surface area (TPSA) is 49.0 Å². The maximum Gasteiger partial charge on any atom is 0.254 e. The highest BCUT2D eigenvalue weighted by Crippen LogP contribution is 2.17. The van der Waals surface area contributed by atoms with Gasteiger partial charge >= 0.3 is 0 Å². The van der Waals surface area contributed by atoms with Crippen LogP contribution in [0.1, 0.15) is 22.6 Å². The number of nitrogens with zero attached hydrogens (tertiary/aromatic N) is 2. The minimum atomic E-state index is -0.841. The van der Waals surface area contributed by atoms with Crippen LogP contribution in [0.15, 0.2) is 23.0 Å². The third kappa shape index (κ3) is 2.85. The summed E-state index contributed by atoms with van der Waals surface area (Å²) >= 11 is 0. The van der Waals surface area contributed by atoms with Crippen molar-refractivity contribution in [2.45, 2.75) is 26.4 Å². The quantitative estimate of drug-likeness (QED) is 0.919. The van der Waals surface area contributed by atoms with Crippen molar-refractivity contribution in [3.8, 4) is 0 Å². The maximum absolute atomic E-state index is 13.2. The van der Waals surface area contributed by atoms with Gasteiger partial charge in [0, 0.05) is 25.2 Å². The first-order valence-corrected chi connectivity index (χ1v) is 6.78. The van der Waals surface area contributed by atoms with E-state index >= 15 is 0 Å². The lowest BCUT2D eigenvalue weighted by Crippen LogP contribution is -2.35. The van der Waals surface area contributed by atoms with Crippen LogP contribution in [0, 0.1) is 18.6 Å². The van der Waals surface area contributed by atoms with Crippen molar-refractivity contribution >= 4 is 0 Å². The van der Waals surface area contributed by atoms with Crippen molar-refractivity contribution in [3.63, 3.8) is 0 Å². The summed E-state index contributed by atoms with van der Waals surface area (Å²) in [4.78, 5) is 21.0. The molecule has 1 aromatic heterocycles. The highest BCUT2D eigenvalue weighted by atomic mass is 19.2. The molecule has 1 N–H and O–H groups in total. The van der Waals surface area contributed by atoms with Crippen molar-refractivity contribution in [1.82, 2.24) is 14.9 Å². The number of halogens is 2. The summed E-state index contributed by atoms with van der Waals surface area (Å²) in [5.74, 6) is -1.09. The minimum absolute atomic E-state index is 0.0787. The molecule has 0 saturated heterocycles. The lowest BCUT2D eigenvalue weighted by Gasteiger charge is -2.27. The predicted molar refractivity (Wildman–Crippen MR) is 73.8 cm³/mol. The highest BCUT2D eigenvalue weighted by molar-refractivity contribution is 5.22. The molecule has 1 aromatic carbocycles. The average molecular weight is 291 g/mol. The Labute approximate surface area is 120 Å². The van der Waals surface area contributed by atoms with Gasteiger partial charge in [-0.3, -0.25) is 9.69 Å². The van der Waals surface area contributed by atoms with E-state index < -0.39 is 11.6 Å². The molecule has 0 saturated carbocycles. The van der Waals surface area contributed by atoms with Crippen molar-refractivity contribution < 1.29 is 8.78 Å². The molecule has 0 aliphatic carbocycles. The van der Waals surface area contributed by atoms with Gasteiger partial charge in [-0.15, -0.1) is 0 Å². The molecule has 21 heavy (non-hydrogen) atoms. The molecule has 0 bridgehead atoms. The summed E-state index contributed by atoms with van der Waals surface area (Å²) in [5, 5.41) is 0. The fraction of sp³-hybridized carbons (Fsp3) is 0.333. The normalized spacial score (nSPS) is 15.0. The second-order valence-electron chi connectivity index (χ2n) is 5.29. The van der Waals surface area contributed by atoms with Gasteiger partial charge < -0.3 is 4.98 Å². The largest absolute Gasteiger partial charge is 0.311 e. The minimum Gasteiger partial charge on any atom is -0.311 e. The standard InChI is InChI=1S/C15H15F2N3O/c1-9-18-14-8-20(5-4-11(14)15(21)19-9)7-10-2-3-12(16)13(17)6-10/h2-3,6H,4-5,7-8H2,1H3,(H,18,19,21). The number of benzene rings is 1. The number of aryl methyl sites for hydroxylation is 1. The number of hydrogen-bond donors (Lipinski definition) is 1. The predicted octanol–water partition coefficient (Wildman–Crippen LogP) is 1.91. The van der Waals surface area contributed by atoms with Crippen LogP contribution >= 0.6 is 0 Å². The van der Waals surface area contributed by atoms with Crippen molar-refractivity contribution in [3.05, 3.63) is 62.8 Å². The van der Waals surface area contributed by atoms with E-state index in [0.717, 1.165) is 17.3 Å². The molecule has 0 radical (unpaired) electrons. The molecular weight excluding hydrogens is 276 g/mol. The number of H-pyrrole nitrogens is 1. The molecule has 4 nitrogen and oxygen atoms in total. The van der Waals surface area contributed by atoms with Crippen LogP contribution in [0.3, 0.4) is 0 Å². The summed E-state index contributed by atoms with van der Waals surface area (Å²) in [6.45, 7) is 3.49. The summed E-state index contributed by atoms with van der Waals surface area (Å²) in [6.07, 6.45) is 0.613. The lowest BCUT2D eigenvalue weighted by atomic mass is 10.1. The van der Waals surface area contributed by atoms with Crippen molar-refractivity contribution in [2.24, 2.45) is 0 Å².